The fourth-order valence-corrected chi connectivity index (χ4v) is 3.66. The van der Waals surface area contributed by atoms with E-state index in [1.165, 1.54) is 53.4 Å². The smallest absolute Gasteiger partial charge is 0.0402 e. The van der Waals surface area contributed by atoms with Crippen molar-refractivity contribution in [3.8, 4) is 0 Å². The van der Waals surface area contributed by atoms with Gasteiger partial charge in [-0.3, -0.25) is 0 Å². The predicted molar refractivity (Wildman–Crippen MR) is 83.3 cm³/mol. The van der Waals surface area contributed by atoms with Gasteiger partial charge in [0.15, 0.2) is 0 Å². The molecule has 0 heterocycles. The van der Waals surface area contributed by atoms with E-state index in [0.717, 1.165) is 5.92 Å². The Morgan fingerprint density at radius 2 is 1.72 bits per heavy atom. The molecule has 2 rings (SSSR count). The molecule has 1 aromatic rings. The van der Waals surface area contributed by atoms with Crippen molar-refractivity contribution in [3.05, 3.63) is 27.7 Å². The molecule has 0 saturated heterocycles. The average molecular weight is 310 g/mol. The lowest BCUT2D eigenvalue weighted by atomic mass is 10.0. The standard InChI is InChI=1S/C16H24BrN/c1-11-5-4-6-15(8-7-11)18-16-12(2)9-14(17)10-13(16)3/h9-11,15,18H,4-8H2,1-3H3. The highest BCUT2D eigenvalue weighted by Gasteiger charge is 2.17. The van der Waals surface area contributed by atoms with Gasteiger partial charge in [-0.05, 0) is 62.3 Å². The van der Waals surface area contributed by atoms with E-state index in [-0.39, 0.29) is 0 Å². The van der Waals surface area contributed by atoms with Gasteiger partial charge in [-0.25, -0.2) is 0 Å². The van der Waals surface area contributed by atoms with Crippen LogP contribution in [0.1, 0.15) is 50.2 Å². The van der Waals surface area contributed by atoms with Crippen molar-refractivity contribution in [2.24, 2.45) is 5.92 Å². The molecule has 0 amide bonds. The molecule has 2 heteroatoms. The quantitative estimate of drug-likeness (QED) is 0.717. The summed E-state index contributed by atoms with van der Waals surface area (Å²) in [5.41, 5.74) is 4.04. The van der Waals surface area contributed by atoms with Crippen molar-refractivity contribution < 1.29 is 0 Å². The Morgan fingerprint density at radius 3 is 2.39 bits per heavy atom. The number of hydrogen-bond donors (Lipinski definition) is 1. The van der Waals surface area contributed by atoms with Crippen molar-refractivity contribution in [2.45, 2.75) is 58.9 Å². The minimum absolute atomic E-state index is 0.661. The first-order valence-corrected chi connectivity index (χ1v) is 7.89. The van der Waals surface area contributed by atoms with Crippen LogP contribution in [0.2, 0.25) is 0 Å². The summed E-state index contributed by atoms with van der Waals surface area (Å²) in [4.78, 5) is 0. The first-order valence-electron chi connectivity index (χ1n) is 7.09. The first kappa shape index (κ1) is 13.9. The Morgan fingerprint density at radius 1 is 1.06 bits per heavy atom. The molecule has 1 aliphatic rings. The van der Waals surface area contributed by atoms with E-state index in [1.807, 2.05) is 0 Å². The second-order valence-corrected chi connectivity index (χ2v) is 6.78. The van der Waals surface area contributed by atoms with Gasteiger partial charge < -0.3 is 5.32 Å². The maximum Gasteiger partial charge on any atom is 0.0402 e. The fraction of sp³-hybridized carbons (Fsp3) is 0.625. The number of aryl methyl sites for hydroxylation is 2. The maximum atomic E-state index is 3.78. The lowest BCUT2D eigenvalue weighted by Gasteiger charge is -2.21. The number of rotatable bonds is 2. The first-order chi connectivity index (χ1) is 8.56. The molecule has 1 saturated carbocycles. The van der Waals surface area contributed by atoms with Crippen molar-refractivity contribution in [2.75, 3.05) is 5.32 Å². The SMILES string of the molecule is Cc1cc(Br)cc(C)c1NC1CCCC(C)CC1. The molecule has 18 heavy (non-hydrogen) atoms. The Hall–Kier alpha value is -0.500. The van der Waals surface area contributed by atoms with Gasteiger partial charge in [0, 0.05) is 16.2 Å². The van der Waals surface area contributed by atoms with Gasteiger partial charge in [0.2, 0.25) is 0 Å². The minimum Gasteiger partial charge on any atom is -0.382 e. The number of nitrogens with one attached hydrogen (secondary N) is 1. The van der Waals surface area contributed by atoms with Crippen LogP contribution in [0.3, 0.4) is 0 Å². The normalized spacial score (nSPS) is 24.7. The second kappa shape index (κ2) is 6.10. The molecule has 2 atom stereocenters. The van der Waals surface area contributed by atoms with Gasteiger partial charge >= 0.3 is 0 Å². The number of halogens is 1. The molecule has 1 fully saturated rings. The third-order valence-electron chi connectivity index (χ3n) is 4.10. The molecule has 100 valence electrons. The number of hydrogen-bond acceptors (Lipinski definition) is 1. The lowest BCUT2D eigenvalue weighted by Crippen LogP contribution is -2.19. The van der Waals surface area contributed by atoms with Gasteiger partial charge in [-0.15, -0.1) is 0 Å². The van der Waals surface area contributed by atoms with Gasteiger partial charge in [0.1, 0.15) is 0 Å². The Kier molecular flexibility index (Phi) is 4.71. The third kappa shape index (κ3) is 3.50. The van der Waals surface area contributed by atoms with Crippen molar-refractivity contribution >= 4 is 21.6 Å². The molecule has 0 aromatic heterocycles. The summed E-state index contributed by atoms with van der Waals surface area (Å²) in [5.74, 6) is 0.906. The second-order valence-electron chi connectivity index (χ2n) is 5.87. The van der Waals surface area contributed by atoms with E-state index in [2.05, 4.69) is 54.2 Å². The summed E-state index contributed by atoms with van der Waals surface area (Å²) in [6, 6.07) is 5.07. The van der Waals surface area contributed by atoms with Crippen LogP contribution in [0.4, 0.5) is 5.69 Å². The minimum atomic E-state index is 0.661. The van der Waals surface area contributed by atoms with Gasteiger partial charge in [0.25, 0.3) is 0 Å². The summed E-state index contributed by atoms with van der Waals surface area (Å²) < 4.78 is 1.18. The third-order valence-corrected chi connectivity index (χ3v) is 4.56. The van der Waals surface area contributed by atoms with Crippen LogP contribution in [0.5, 0.6) is 0 Å². The Bertz CT molecular complexity index is 391. The molecule has 1 N–H and O–H groups in total. The van der Waals surface area contributed by atoms with E-state index < -0.39 is 0 Å². The molecule has 0 aliphatic heterocycles. The van der Waals surface area contributed by atoms with E-state index >= 15 is 0 Å². The number of benzene rings is 1. The summed E-state index contributed by atoms with van der Waals surface area (Å²) in [6.07, 6.45) is 6.77. The summed E-state index contributed by atoms with van der Waals surface area (Å²) >= 11 is 3.56. The highest BCUT2D eigenvalue weighted by atomic mass is 79.9. The molecule has 1 aliphatic carbocycles. The zero-order valence-corrected chi connectivity index (χ0v) is 13.3. The molecule has 0 radical (unpaired) electrons. The average Bonchev–Trinajstić information content (AvgIpc) is 2.48. The summed E-state index contributed by atoms with van der Waals surface area (Å²) in [5, 5.41) is 3.78. The Balaban J connectivity index is 2.09. The molecular formula is C16H24BrN. The zero-order valence-electron chi connectivity index (χ0n) is 11.7. The maximum absolute atomic E-state index is 3.78. The molecular weight excluding hydrogens is 286 g/mol. The molecule has 1 nitrogen and oxygen atoms in total. The van der Waals surface area contributed by atoms with Crippen molar-refractivity contribution in [1.29, 1.82) is 0 Å². The Labute approximate surface area is 119 Å². The summed E-state index contributed by atoms with van der Waals surface area (Å²) in [6.45, 7) is 6.78. The van der Waals surface area contributed by atoms with Crippen LogP contribution in [-0.4, -0.2) is 6.04 Å². The summed E-state index contributed by atoms with van der Waals surface area (Å²) in [7, 11) is 0. The largest absolute Gasteiger partial charge is 0.382 e. The molecule has 0 spiro atoms. The van der Waals surface area contributed by atoms with Crippen LogP contribution in [0.15, 0.2) is 16.6 Å². The van der Waals surface area contributed by atoms with Gasteiger partial charge in [0.05, 0.1) is 0 Å². The van der Waals surface area contributed by atoms with Crippen molar-refractivity contribution in [3.63, 3.8) is 0 Å². The van der Waals surface area contributed by atoms with Crippen LogP contribution < -0.4 is 5.32 Å². The molecule has 2 unspecified atom stereocenters. The van der Waals surface area contributed by atoms with Crippen LogP contribution in [0, 0.1) is 19.8 Å². The molecule has 0 bridgehead atoms. The van der Waals surface area contributed by atoms with Crippen molar-refractivity contribution in [1.82, 2.24) is 0 Å². The van der Waals surface area contributed by atoms with Crippen LogP contribution >= 0.6 is 15.9 Å². The topological polar surface area (TPSA) is 12.0 Å². The predicted octanol–water partition coefficient (Wildman–Crippen LogP) is 5.45. The van der Waals surface area contributed by atoms with E-state index in [0.29, 0.717) is 6.04 Å². The lowest BCUT2D eigenvalue weighted by molar-refractivity contribution is 0.502. The van der Waals surface area contributed by atoms with Gasteiger partial charge in [-0.1, -0.05) is 35.7 Å². The van der Waals surface area contributed by atoms with Crippen LogP contribution in [-0.2, 0) is 0 Å². The highest BCUT2D eigenvalue weighted by Crippen LogP contribution is 2.29. The highest BCUT2D eigenvalue weighted by molar-refractivity contribution is 9.10. The van der Waals surface area contributed by atoms with E-state index in [4.69, 9.17) is 0 Å². The van der Waals surface area contributed by atoms with Crippen LogP contribution in [0.25, 0.3) is 0 Å². The molecule has 1 aromatic carbocycles. The van der Waals surface area contributed by atoms with Gasteiger partial charge in [-0.2, -0.15) is 0 Å². The van der Waals surface area contributed by atoms with E-state index in [1.54, 1.807) is 0 Å². The fourth-order valence-electron chi connectivity index (χ4n) is 2.97. The monoisotopic (exact) mass is 309 g/mol. The number of anilines is 1. The van der Waals surface area contributed by atoms with E-state index in [9.17, 15) is 0 Å². The zero-order chi connectivity index (χ0) is 13.1.